The van der Waals surface area contributed by atoms with Crippen LogP contribution in [0.1, 0.15) is 155 Å². The van der Waals surface area contributed by atoms with Gasteiger partial charge in [-0.25, -0.2) is 0 Å². The molecule has 0 aliphatic carbocycles. The van der Waals surface area contributed by atoms with Crippen molar-refractivity contribution in [3.63, 3.8) is 0 Å². The predicted octanol–water partition coefficient (Wildman–Crippen LogP) is 7.47. The van der Waals surface area contributed by atoms with Gasteiger partial charge in [-0.3, -0.25) is 4.79 Å². The number of ether oxygens (including phenoxy) is 4. The minimum Gasteiger partial charge on any atom is -0.458 e. The highest BCUT2D eigenvalue weighted by atomic mass is 16.7. The molecule has 1 saturated heterocycles. The molecule has 48 heavy (non-hydrogen) atoms. The van der Waals surface area contributed by atoms with Crippen LogP contribution in [0.3, 0.4) is 0 Å². The molecule has 1 fully saturated rings. The smallest absolute Gasteiger partial charge is 0.303 e. The highest BCUT2D eigenvalue weighted by Gasteiger charge is 2.44. The molecule has 0 bridgehead atoms. The molecule has 1 aliphatic rings. The minimum absolute atomic E-state index is 0.127. The summed E-state index contributed by atoms with van der Waals surface area (Å²) >= 11 is 0. The van der Waals surface area contributed by atoms with Gasteiger partial charge >= 0.3 is 5.97 Å². The van der Waals surface area contributed by atoms with Crippen molar-refractivity contribution in [2.45, 2.75) is 192 Å². The van der Waals surface area contributed by atoms with Gasteiger partial charge in [0.25, 0.3) is 0 Å². The summed E-state index contributed by atoms with van der Waals surface area (Å²) in [6.45, 7) is 3.57. The number of rotatable bonds is 32. The van der Waals surface area contributed by atoms with Gasteiger partial charge in [-0.1, -0.05) is 134 Å². The molecule has 0 saturated carbocycles. The molecule has 1 rings (SSSR count). The minimum atomic E-state index is -1.53. The van der Waals surface area contributed by atoms with Crippen LogP contribution in [0.25, 0.3) is 0 Å². The van der Waals surface area contributed by atoms with Gasteiger partial charge in [-0.05, 0) is 38.5 Å². The molecule has 0 amide bonds. The van der Waals surface area contributed by atoms with E-state index in [2.05, 4.69) is 31.2 Å². The standard InChI is InChI=1S/C39H72O9/c1-3-4-5-6-7-8-9-10-11-12-13-14-15-16-17-18-19-20-21-22-23-24-25-26-27-28-29-45-31-34(47-33(2)41)32-46-39-38(44)37(43)36(42)35(30-40)48-39/h9-10,12-13,34-40,42-44H,3-8,11,14-32H2,1-2H3/b10-9-,13-12-. The third-order valence-corrected chi connectivity index (χ3v) is 8.92. The summed E-state index contributed by atoms with van der Waals surface area (Å²) in [5.74, 6) is -0.488. The zero-order valence-corrected chi connectivity index (χ0v) is 30.5. The quantitative estimate of drug-likeness (QED) is 0.0323. The van der Waals surface area contributed by atoms with Crippen LogP contribution in [0.2, 0.25) is 0 Å². The Morgan fingerprint density at radius 1 is 0.667 bits per heavy atom. The summed E-state index contributed by atoms with van der Waals surface area (Å²) < 4.78 is 21.8. The van der Waals surface area contributed by atoms with Gasteiger partial charge in [0.1, 0.15) is 30.5 Å². The van der Waals surface area contributed by atoms with E-state index in [0.29, 0.717) is 6.61 Å². The number of esters is 1. The van der Waals surface area contributed by atoms with Crippen LogP contribution in [-0.4, -0.2) is 89.6 Å². The lowest BCUT2D eigenvalue weighted by molar-refractivity contribution is -0.305. The predicted molar refractivity (Wildman–Crippen MR) is 192 cm³/mol. The van der Waals surface area contributed by atoms with Gasteiger partial charge in [0.15, 0.2) is 6.29 Å². The third-order valence-electron chi connectivity index (χ3n) is 8.92. The van der Waals surface area contributed by atoms with Crippen LogP contribution >= 0.6 is 0 Å². The average Bonchev–Trinajstić information content (AvgIpc) is 3.07. The molecule has 4 N–H and O–H groups in total. The van der Waals surface area contributed by atoms with E-state index in [1.807, 2.05) is 0 Å². The van der Waals surface area contributed by atoms with E-state index < -0.39 is 49.4 Å². The van der Waals surface area contributed by atoms with Gasteiger partial charge in [0, 0.05) is 13.5 Å². The molecule has 0 spiro atoms. The van der Waals surface area contributed by atoms with Crippen LogP contribution < -0.4 is 0 Å². The number of hydrogen-bond donors (Lipinski definition) is 4. The second kappa shape index (κ2) is 31.6. The SMILES string of the molecule is CCCCCCC/C=C\C/C=C\CCCCCCCCCCCCCCCCOCC(COC1OC(CO)C(O)C(O)C1O)OC(C)=O. The zero-order chi connectivity index (χ0) is 35.1. The first-order valence-electron chi connectivity index (χ1n) is 19.4. The summed E-state index contributed by atoms with van der Waals surface area (Å²) in [5.41, 5.74) is 0. The molecule has 0 aromatic carbocycles. The number of carbonyl (C=O) groups is 1. The maximum atomic E-state index is 11.5. The highest BCUT2D eigenvalue weighted by molar-refractivity contribution is 5.66. The van der Waals surface area contributed by atoms with E-state index >= 15 is 0 Å². The number of carbonyl (C=O) groups excluding carboxylic acids is 1. The van der Waals surface area contributed by atoms with Crippen molar-refractivity contribution in [2.75, 3.05) is 26.4 Å². The van der Waals surface area contributed by atoms with Crippen molar-refractivity contribution in [2.24, 2.45) is 0 Å². The lowest BCUT2D eigenvalue weighted by Crippen LogP contribution is -2.59. The zero-order valence-electron chi connectivity index (χ0n) is 30.5. The van der Waals surface area contributed by atoms with Crippen molar-refractivity contribution in [1.82, 2.24) is 0 Å². The van der Waals surface area contributed by atoms with Crippen molar-refractivity contribution < 1.29 is 44.2 Å². The molecule has 6 atom stereocenters. The Kier molecular flexibility index (Phi) is 29.5. The maximum absolute atomic E-state index is 11.5. The fraction of sp³-hybridized carbons (Fsp3) is 0.872. The maximum Gasteiger partial charge on any atom is 0.303 e. The number of hydrogen-bond acceptors (Lipinski definition) is 9. The highest BCUT2D eigenvalue weighted by Crippen LogP contribution is 2.22. The Labute approximate surface area is 292 Å². The molecule has 1 aliphatic heterocycles. The number of aliphatic hydroxyl groups excluding tert-OH is 4. The number of aliphatic hydroxyl groups is 4. The molecule has 282 valence electrons. The van der Waals surface area contributed by atoms with Gasteiger partial charge in [-0.2, -0.15) is 0 Å². The first kappa shape index (κ1) is 44.7. The summed E-state index contributed by atoms with van der Waals surface area (Å²) in [7, 11) is 0. The first-order chi connectivity index (χ1) is 23.4. The topological polar surface area (TPSA) is 135 Å². The summed E-state index contributed by atoms with van der Waals surface area (Å²) in [4.78, 5) is 11.5. The van der Waals surface area contributed by atoms with Crippen LogP contribution in [0.4, 0.5) is 0 Å². The fourth-order valence-electron chi connectivity index (χ4n) is 5.93. The Bertz CT molecular complexity index is 787. The monoisotopic (exact) mass is 685 g/mol. The molecule has 0 aromatic rings. The Balaban J connectivity index is 1.90. The van der Waals surface area contributed by atoms with Gasteiger partial charge < -0.3 is 39.4 Å². The lowest BCUT2D eigenvalue weighted by atomic mass is 9.99. The van der Waals surface area contributed by atoms with E-state index in [4.69, 9.17) is 18.9 Å². The van der Waals surface area contributed by atoms with Gasteiger partial charge in [0.2, 0.25) is 0 Å². The largest absolute Gasteiger partial charge is 0.458 e. The summed E-state index contributed by atoms with van der Waals surface area (Å²) in [6, 6.07) is 0. The van der Waals surface area contributed by atoms with E-state index in [-0.39, 0.29) is 13.2 Å². The van der Waals surface area contributed by atoms with Crippen LogP contribution in [-0.2, 0) is 23.7 Å². The molecular weight excluding hydrogens is 612 g/mol. The molecule has 9 heteroatoms. The molecule has 9 nitrogen and oxygen atoms in total. The van der Waals surface area contributed by atoms with E-state index in [1.165, 1.54) is 129 Å². The van der Waals surface area contributed by atoms with Crippen LogP contribution in [0.5, 0.6) is 0 Å². The van der Waals surface area contributed by atoms with Gasteiger partial charge in [0.05, 0.1) is 19.8 Å². The van der Waals surface area contributed by atoms with Crippen LogP contribution in [0.15, 0.2) is 24.3 Å². The Morgan fingerprint density at radius 3 is 1.67 bits per heavy atom. The second-order valence-corrected chi connectivity index (χ2v) is 13.5. The molecular formula is C39H72O9. The average molecular weight is 685 g/mol. The number of allylic oxidation sites excluding steroid dienone is 4. The Morgan fingerprint density at radius 2 is 1.17 bits per heavy atom. The summed E-state index contributed by atoms with van der Waals surface area (Å²) in [5, 5.41) is 39.2. The lowest BCUT2D eigenvalue weighted by Gasteiger charge is -2.39. The van der Waals surface area contributed by atoms with Crippen LogP contribution in [0, 0.1) is 0 Å². The summed E-state index contributed by atoms with van der Waals surface area (Å²) in [6.07, 6.45) is 30.1. The van der Waals surface area contributed by atoms with Crippen molar-refractivity contribution in [1.29, 1.82) is 0 Å². The van der Waals surface area contributed by atoms with E-state index in [1.54, 1.807) is 0 Å². The molecule has 1 heterocycles. The fourth-order valence-corrected chi connectivity index (χ4v) is 5.93. The molecule has 0 aromatic heterocycles. The van der Waals surface area contributed by atoms with E-state index in [0.717, 1.165) is 19.3 Å². The Hall–Kier alpha value is -1.33. The second-order valence-electron chi connectivity index (χ2n) is 13.5. The normalized spacial score (nSPS) is 22.2. The number of unbranched alkanes of at least 4 members (excludes halogenated alkanes) is 19. The van der Waals surface area contributed by atoms with Crippen molar-refractivity contribution in [3.05, 3.63) is 24.3 Å². The van der Waals surface area contributed by atoms with Gasteiger partial charge in [-0.15, -0.1) is 0 Å². The molecule has 0 radical (unpaired) electrons. The first-order valence-corrected chi connectivity index (χ1v) is 19.4. The van der Waals surface area contributed by atoms with Crippen molar-refractivity contribution in [3.8, 4) is 0 Å². The molecule has 6 unspecified atom stereocenters. The third kappa shape index (κ3) is 23.9. The van der Waals surface area contributed by atoms with Crippen molar-refractivity contribution >= 4 is 5.97 Å². The van der Waals surface area contributed by atoms with E-state index in [9.17, 15) is 25.2 Å².